The van der Waals surface area contributed by atoms with Gasteiger partial charge in [-0.15, -0.1) is 0 Å². The number of rotatable bonds is 4. The molecule has 1 saturated carbocycles. The average molecular weight is 463 g/mol. The molecule has 1 amide bonds. The number of aliphatic hydroxyl groups is 3. The fraction of sp³-hybridized carbons (Fsp3) is 0.727. The quantitative estimate of drug-likeness (QED) is 0.436. The molecule has 2 aromatic rings. The summed E-state index contributed by atoms with van der Waals surface area (Å²) in [6.45, 7) is 10.5. The molecule has 0 bridgehead atoms. The van der Waals surface area contributed by atoms with Gasteiger partial charge in [0.2, 0.25) is 0 Å². The van der Waals surface area contributed by atoms with E-state index >= 15 is 0 Å². The van der Waals surface area contributed by atoms with E-state index in [0.717, 1.165) is 6.42 Å². The number of amides is 1. The van der Waals surface area contributed by atoms with Crippen LogP contribution in [0.5, 0.6) is 0 Å². The van der Waals surface area contributed by atoms with Crippen molar-refractivity contribution in [2.24, 2.45) is 10.8 Å². The summed E-state index contributed by atoms with van der Waals surface area (Å²) in [6, 6.07) is 0. The molecular weight excluding hydrogens is 428 g/mol. The zero-order chi connectivity index (χ0) is 24.3. The molecule has 4 rings (SSSR count). The molecule has 1 aliphatic heterocycles. The molecule has 2 fully saturated rings. The Labute approximate surface area is 192 Å². The van der Waals surface area contributed by atoms with Crippen molar-refractivity contribution in [2.45, 2.75) is 84.0 Å². The van der Waals surface area contributed by atoms with Crippen LogP contribution in [0.1, 0.15) is 65.9 Å². The molecule has 1 aliphatic carbocycles. The van der Waals surface area contributed by atoms with Gasteiger partial charge in [0, 0.05) is 6.54 Å². The minimum Gasteiger partial charge on any atom is -0.387 e. The van der Waals surface area contributed by atoms with E-state index < -0.39 is 36.0 Å². The number of aromatic nitrogens is 4. The molecule has 1 unspecified atom stereocenters. The number of nitrogens with two attached hydrogens (primary N) is 1. The largest absolute Gasteiger partial charge is 0.387 e. The molecule has 0 spiro atoms. The van der Waals surface area contributed by atoms with E-state index in [4.69, 9.17) is 10.5 Å². The van der Waals surface area contributed by atoms with E-state index in [9.17, 15) is 20.1 Å². The first-order chi connectivity index (χ1) is 15.3. The topological polar surface area (TPSA) is 169 Å². The van der Waals surface area contributed by atoms with Gasteiger partial charge in [-0.1, -0.05) is 27.7 Å². The average Bonchev–Trinajstić information content (AvgIpc) is 3.21. The first kappa shape index (κ1) is 23.8. The highest BCUT2D eigenvalue weighted by molar-refractivity contribution is 5.83. The van der Waals surface area contributed by atoms with Crippen LogP contribution < -0.4 is 11.1 Å². The zero-order valence-corrected chi connectivity index (χ0v) is 19.7. The monoisotopic (exact) mass is 462 g/mol. The van der Waals surface area contributed by atoms with Crippen LogP contribution in [0, 0.1) is 10.8 Å². The number of aliphatic hydroxyl groups excluding tert-OH is 2. The van der Waals surface area contributed by atoms with Crippen molar-refractivity contribution < 1.29 is 24.9 Å². The van der Waals surface area contributed by atoms with Crippen molar-refractivity contribution in [3.05, 3.63) is 12.2 Å². The van der Waals surface area contributed by atoms with Crippen LogP contribution in [-0.2, 0) is 15.1 Å². The van der Waals surface area contributed by atoms with E-state index in [1.54, 1.807) is 6.92 Å². The van der Waals surface area contributed by atoms with Gasteiger partial charge in [-0.05, 0) is 37.0 Å². The van der Waals surface area contributed by atoms with Gasteiger partial charge in [0.25, 0.3) is 5.91 Å². The second kappa shape index (κ2) is 7.86. The van der Waals surface area contributed by atoms with Crippen LogP contribution in [0.25, 0.3) is 11.2 Å². The predicted octanol–water partition coefficient (Wildman–Crippen LogP) is 0.588. The third kappa shape index (κ3) is 4.18. The van der Waals surface area contributed by atoms with Crippen molar-refractivity contribution in [1.29, 1.82) is 0 Å². The smallest absolute Gasteiger partial charge is 0.252 e. The number of nitrogens with zero attached hydrogens (tertiary/aromatic N) is 4. The Balaban J connectivity index is 1.75. The minimum absolute atomic E-state index is 0.0941. The number of nitrogens with one attached hydrogen (secondary N) is 1. The molecule has 3 heterocycles. The highest BCUT2D eigenvalue weighted by Crippen LogP contribution is 2.53. The maximum Gasteiger partial charge on any atom is 0.252 e. The number of carbonyl (C=O) groups is 1. The van der Waals surface area contributed by atoms with Gasteiger partial charge >= 0.3 is 0 Å². The Morgan fingerprint density at radius 2 is 1.82 bits per heavy atom. The van der Waals surface area contributed by atoms with Gasteiger partial charge in [-0.3, -0.25) is 9.36 Å². The molecule has 2 aromatic heterocycles. The summed E-state index contributed by atoms with van der Waals surface area (Å²) >= 11 is 0. The number of imidazole rings is 1. The molecule has 0 aromatic carbocycles. The van der Waals surface area contributed by atoms with Gasteiger partial charge in [-0.25, -0.2) is 15.0 Å². The second-order valence-corrected chi connectivity index (χ2v) is 11.0. The van der Waals surface area contributed by atoms with Gasteiger partial charge in [-0.2, -0.15) is 0 Å². The highest BCUT2D eigenvalue weighted by atomic mass is 16.6. The predicted molar refractivity (Wildman–Crippen MR) is 120 cm³/mol. The minimum atomic E-state index is -1.43. The SMILES string of the molecule is CCNC(=O)[C@H]1O[C@@H](n2cnc3c(N)nc(C4(O)CC(C)(C)CC(C)(C)C4)nc32)C(O)[C@H]1O. The lowest BCUT2D eigenvalue weighted by Crippen LogP contribution is -2.45. The fourth-order valence-electron chi connectivity index (χ4n) is 5.94. The van der Waals surface area contributed by atoms with Crippen molar-refractivity contribution in [2.75, 3.05) is 12.3 Å². The van der Waals surface area contributed by atoms with E-state index in [1.807, 2.05) is 0 Å². The molecule has 2 aliphatic rings. The number of hydrogen-bond acceptors (Lipinski definition) is 9. The Bertz CT molecular complexity index is 1050. The van der Waals surface area contributed by atoms with Crippen LogP contribution in [-0.4, -0.2) is 65.6 Å². The Morgan fingerprint density at radius 1 is 1.18 bits per heavy atom. The summed E-state index contributed by atoms with van der Waals surface area (Å²) in [5.74, 6) is -0.244. The number of fused-ring (bicyclic) bond motifs is 1. The lowest BCUT2D eigenvalue weighted by Gasteiger charge is -2.48. The van der Waals surface area contributed by atoms with Crippen LogP contribution in [0.2, 0.25) is 0 Å². The lowest BCUT2D eigenvalue weighted by atomic mass is 9.59. The summed E-state index contributed by atoms with van der Waals surface area (Å²) in [4.78, 5) is 25.5. The third-order valence-corrected chi connectivity index (χ3v) is 6.49. The van der Waals surface area contributed by atoms with E-state index in [-0.39, 0.29) is 33.6 Å². The van der Waals surface area contributed by atoms with Crippen molar-refractivity contribution in [3.8, 4) is 0 Å². The molecule has 11 heteroatoms. The Morgan fingerprint density at radius 3 is 2.42 bits per heavy atom. The molecule has 0 radical (unpaired) electrons. The van der Waals surface area contributed by atoms with Crippen LogP contribution >= 0.6 is 0 Å². The normalized spacial score (nSPS) is 30.4. The van der Waals surface area contributed by atoms with Gasteiger partial charge in [0.1, 0.15) is 23.3 Å². The lowest BCUT2D eigenvalue weighted by molar-refractivity contribution is -0.137. The van der Waals surface area contributed by atoms with Crippen molar-refractivity contribution >= 4 is 22.9 Å². The third-order valence-electron chi connectivity index (χ3n) is 6.49. The Kier molecular flexibility index (Phi) is 5.67. The molecular formula is C22H34N6O5. The number of ether oxygens (including phenoxy) is 1. The fourth-order valence-corrected chi connectivity index (χ4v) is 5.94. The number of carbonyl (C=O) groups excluding carboxylic acids is 1. The maximum absolute atomic E-state index is 12.2. The number of nitrogen functional groups attached to an aromatic ring is 1. The maximum atomic E-state index is 12.2. The summed E-state index contributed by atoms with van der Waals surface area (Å²) in [5, 5.41) is 35.3. The van der Waals surface area contributed by atoms with Crippen LogP contribution in [0.4, 0.5) is 5.82 Å². The number of anilines is 1. The van der Waals surface area contributed by atoms with E-state index in [1.165, 1.54) is 10.9 Å². The molecule has 1 saturated heterocycles. The number of likely N-dealkylation sites (N-methyl/N-ethyl adjacent to an activating group) is 1. The van der Waals surface area contributed by atoms with Gasteiger partial charge in [0.05, 0.1) is 6.33 Å². The van der Waals surface area contributed by atoms with Crippen molar-refractivity contribution in [3.63, 3.8) is 0 Å². The van der Waals surface area contributed by atoms with Gasteiger partial charge in [0.15, 0.2) is 29.6 Å². The molecule has 6 N–H and O–H groups in total. The molecule has 182 valence electrons. The van der Waals surface area contributed by atoms with Gasteiger partial charge < -0.3 is 31.1 Å². The summed E-state index contributed by atoms with van der Waals surface area (Å²) in [5.41, 5.74) is 5.14. The number of hydrogen-bond donors (Lipinski definition) is 5. The van der Waals surface area contributed by atoms with Crippen LogP contribution in [0.15, 0.2) is 6.33 Å². The molecule has 11 nitrogen and oxygen atoms in total. The summed E-state index contributed by atoms with van der Waals surface area (Å²) < 4.78 is 7.14. The molecule has 33 heavy (non-hydrogen) atoms. The highest BCUT2D eigenvalue weighted by Gasteiger charge is 2.50. The Hall–Kier alpha value is -2.34. The summed E-state index contributed by atoms with van der Waals surface area (Å²) in [7, 11) is 0. The van der Waals surface area contributed by atoms with Crippen molar-refractivity contribution in [1.82, 2.24) is 24.8 Å². The second-order valence-electron chi connectivity index (χ2n) is 11.0. The van der Waals surface area contributed by atoms with E-state index in [0.29, 0.717) is 19.4 Å². The first-order valence-electron chi connectivity index (χ1n) is 11.3. The zero-order valence-electron chi connectivity index (χ0n) is 19.7. The van der Waals surface area contributed by atoms with Crippen LogP contribution in [0.3, 0.4) is 0 Å². The molecule has 4 atom stereocenters. The standard InChI is InChI=1S/C22H34N6O5/c1-6-24-17(31)14-12(29)13(30)18(33-14)28-10-25-11-15(23)26-19(27-16(11)28)22(32)8-20(2,3)7-21(4,5)9-22/h10,12-14,18,29-30,32H,6-9H2,1-5H3,(H,24,31)(H2,23,26,27)/t12-,13?,14+,18-/m1/s1. The first-order valence-corrected chi connectivity index (χ1v) is 11.3. The van der Waals surface area contributed by atoms with E-state index in [2.05, 4.69) is 48.0 Å². The summed E-state index contributed by atoms with van der Waals surface area (Å²) in [6.07, 6.45) is -1.95.